The van der Waals surface area contributed by atoms with E-state index in [-0.39, 0.29) is 16.8 Å². The van der Waals surface area contributed by atoms with Gasteiger partial charge in [0.15, 0.2) is 0 Å². The third kappa shape index (κ3) is 4.83. The van der Waals surface area contributed by atoms with Gasteiger partial charge >= 0.3 is 0 Å². The first kappa shape index (κ1) is 20.4. The molecule has 0 saturated heterocycles. The Labute approximate surface area is 159 Å². The fourth-order valence-electron chi connectivity index (χ4n) is 3.22. The van der Waals surface area contributed by atoms with Crippen molar-refractivity contribution in [2.24, 2.45) is 0 Å². The van der Waals surface area contributed by atoms with Crippen LogP contribution >= 0.6 is 15.9 Å². The second-order valence-electron chi connectivity index (χ2n) is 6.85. The van der Waals surface area contributed by atoms with Crippen LogP contribution in [0.2, 0.25) is 0 Å². The molecule has 0 heterocycles. The first-order valence-corrected chi connectivity index (χ1v) is 11.0. The molecule has 0 atom stereocenters. The molecule has 7 heteroatoms. The average molecular weight is 431 g/mol. The second-order valence-corrected chi connectivity index (χ2v) is 9.82. The van der Waals surface area contributed by atoms with E-state index >= 15 is 0 Å². The van der Waals surface area contributed by atoms with E-state index in [1.807, 2.05) is 7.05 Å². The van der Waals surface area contributed by atoms with E-state index in [0.29, 0.717) is 10.0 Å². The van der Waals surface area contributed by atoms with Gasteiger partial charge in [0.25, 0.3) is 5.91 Å². The van der Waals surface area contributed by atoms with Crippen LogP contribution in [0.1, 0.15) is 55.3 Å². The van der Waals surface area contributed by atoms with Crippen molar-refractivity contribution in [3.8, 4) is 0 Å². The van der Waals surface area contributed by atoms with E-state index in [9.17, 15) is 13.2 Å². The average Bonchev–Trinajstić information content (AvgIpc) is 2.53. The van der Waals surface area contributed by atoms with Crippen molar-refractivity contribution in [2.75, 3.05) is 21.1 Å². The largest absolute Gasteiger partial charge is 0.339 e. The number of hydrogen-bond acceptors (Lipinski definition) is 3. The molecule has 1 aliphatic rings. The number of amides is 1. The van der Waals surface area contributed by atoms with E-state index in [2.05, 4.69) is 15.9 Å². The van der Waals surface area contributed by atoms with Gasteiger partial charge in [0.05, 0.1) is 4.90 Å². The lowest BCUT2D eigenvalue weighted by atomic mass is 9.95. The fraction of sp³-hybridized carbons (Fsp3) is 0.611. The summed E-state index contributed by atoms with van der Waals surface area (Å²) in [4.78, 5) is 14.8. The van der Waals surface area contributed by atoms with Gasteiger partial charge in [-0.1, -0.05) is 32.1 Å². The van der Waals surface area contributed by atoms with Crippen LogP contribution in [0.15, 0.2) is 27.6 Å². The van der Waals surface area contributed by atoms with Gasteiger partial charge in [0.2, 0.25) is 10.0 Å². The molecule has 1 amide bonds. The van der Waals surface area contributed by atoms with E-state index in [4.69, 9.17) is 0 Å². The summed E-state index contributed by atoms with van der Waals surface area (Å²) < 4.78 is 26.5. The van der Waals surface area contributed by atoms with Crippen LogP contribution in [-0.4, -0.2) is 50.7 Å². The Morgan fingerprint density at radius 2 is 1.60 bits per heavy atom. The molecular formula is C18H27BrN2O3S. The molecule has 140 valence electrons. The number of halogens is 1. The number of nitrogens with zero attached hydrogens (tertiary/aromatic N) is 2. The number of hydrogen-bond donors (Lipinski definition) is 0. The molecule has 0 N–H and O–H groups in total. The summed E-state index contributed by atoms with van der Waals surface area (Å²) in [5.74, 6) is -0.117. The number of rotatable bonds is 4. The molecule has 0 unspecified atom stereocenters. The molecule has 0 aromatic heterocycles. The second kappa shape index (κ2) is 8.64. The first-order chi connectivity index (χ1) is 11.7. The van der Waals surface area contributed by atoms with E-state index in [1.54, 1.807) is 17.0 Å². The SMILES string of the molecule is CN(C(=O)c1ccc(Br)c(S(=O)(=O)N(C)C)c1)C1CCCCCCC1. The predicted octanol–water partition coefficient (Wildman–Crippen LogP) is 3.88. The Hall–Kier alpha value is -0.920. The van der Waals surface area contributed by atoms with Crippen molar-refractivity contribution in [1.29, 1.82) is 0 Å². The van der Waals surface area contributed by atoms with Gasteiger partial charge in [0.1, 0.15) is 0 Å². The van der Waals surface area contributed by atoms with Gasteiger partial charge in [-0.3, -0.25) is 4.79 Å². The van der Waals surface area contributed by atoms with E-state index < -0.39 is 10.0 Å². The van der Waals surface area contributed by atoms with Crippen LogP contribution in [0.3, 0.4) is 0 Å². The lowest BCUT2D eigenvalue weighted by Crippen LogP contribution is -2.37. The zero-order valence-electron chi connectivity index (χ0n) is 15.2. The normalized spacial score (nSPS) is 17.2. The minimum absolute atomic E-state index is 0.117. The third-order valence-electron chi connectivity index (χ3n) is 4.88. The maximum Gasteiger partial charge on any atom is 0.253 e. The highest BCUT2D eigenvalue weighted by Crippen LogP contribution is 2.27. The predicted molar refractivity (Wildman–Crippen MR) is 103 cm³/mol. The zero-order valence-corrected chi connectivity index (χ0v) is 17.6. The lowest BCUT2D eigenvalue weighted by molar-refractivity contribution is 0.0706. The van der Waals surface area contributed by atoms with Crippen LogP contribution in [0.4, 0.5) is 0 Å². The van der Waals surface area contributed by atoms with Crippen LogP contribution in [0.25, 0.3) is 0 Å². The summed E-state index contributed by atoms with van der Waals surface area (Å²) >= 11 is 3.29. The smallest absolute Gasteiger partial charge is 0.253 e. The topological polar surface area (TPSA) is 57.7 Å². The van der Waals surface area contributed by atoms with Crippen LogP contribution in [-0.2, 0) is 10.0 Å². The van der Waals surface area contributed by atoms with Crippen LogP contribution in [0, 0.1) is 0 Å². The van der Waals surface area contributed by atoms with Gasteiger partial charge in [0, 0.05) is 37.2 Å². The summed E-state index contributed by atoms with van der Waals surface area (Å²) in [6.07, 6.45) is 8.04. The standard InChI is InChI=1S/C18H27BrN2O3S/c1-20(2)25(23,24)17-13-14(11-12-16(17)19)18(22)21(3)15-9-7-5-4-6-8-10-15/h11-13,15H,4-10H2,1-3H3. The van der Waals surface area contributed by atoms with E-state index in [0.717, 1.165) is 30.0 Å². The molecule has 1 aromatic carbocycles. The summed E-state index contributed by atoms with van der Waals surface area (Å²) in [7, 11) is 1.19. The Kier molecular flexibility index (Phi) is 7.05. The molecule has 0 aliphatic heterocycles. The van der Waals surface area contributed by atoms with Crippen molar-refractivity contribution in [2.45, 2.75) is 55.9 Å². The van der Waals surface area contributed by atoms with Crippen molar-refractivity contribution in [3.05, 3.63) is 28.2 Å². The monoisotopic (exact) mass is 430 g/mol. The number of sulfonamides is 1. The molecule has 1 aromatic rings. The molecule has 0 spiro atoms. The number of benzene rings is 1. The Morgan fingerprint density at radius 3 is 2.16 bits per heavy atom. The Morgan fingerprint density at radius 1 is 1.04 bits per heavy atom. The summed E-state index contributed by atoms with van der Waals surface area (Å²) in [6, 6.07) is 5.02. The minimum Gasteiger partial charge on any atom is -0.339 e. The molecule has 5 nitrogen and oxygen atoms in total. The summed E-state index contributed by atoms with van der Waals surface area (Å²) in [6.45, 7) is 0. The zero-order chi connectivity index (χ0) is 18.6. The molecule has 1 saturated carbocycles. The highest BCUT2D eigenvalue weighted by atomic mass is 79.9. The van der Waals surface area contributed by atoms with Crippen molar-refractivity contribution in [3.63, 3.8) is 0 Å². The van der Waals surface area contributed by atoms with Gasteiger partial charge < -0.3 is 4.90 Å². The van der Waals surface area contributed by atoms with E-state index in [1.165, 1.54) is 39.4 Å². The lowest BCUT2D eigenvalue weighted by Gasteiger charge is -2.30. The first-order valence-electron chi connectivity index (χ1n) is 8.74. The number of carbonyl (C=O) groups excluding carboxylic acids is 1. The fourth-order valence-corrected chi connectivity index (χ4v) is 5.07. The summed E-state index contributed by atoms with van der Waals surface area (Å²) in [5, 5.41) is 0. The highest BCUT2D eigenvalue weighted by Gasteiger charge is 2.25. The Bertz CT molecular complexity index is 711. The van der Waals surface area contributed by atoms with Gasteiger partial charge in [-0.05, 0) is 47.0 Å². The van der Waals surface area contributed by atoms with Crippen LogP contribution < -0.4 is 0 Å². The van der Waals surface area contributed by atoms with Gasteiger partial charge in [-0.2, -0.15) is 0 Å². The minimum atomic E-state index is -3.61. The highest BCUT2D eigenvalue weighted by molar-refractivity contribution is 9.10. The molecule has 2 rings (SSSR count). The van der Waals surface area contributed by atoms with Crippen molar-refractivity contribution >= 4 is 31.9 Å². The van der Waals surface area contributed by atoms with Gasteiger partial charge in [-0.25, -0.2) is 12.7 Å². The molecular weight excluding hydrogens is 404 g/mol. The quantitative estimate of drug-likeness (QED) is 0.727. The van der Waals surface area contributed by atoms with Crippen LogP contribution in [0.5, 0.6) is 0 Å². The molecule has 1 aliphatic carbocycles. The number of carbonyl (C=O) groups is 1. The van der Waals surface area contributed by atoms with Crippen molar-refractivity contribution < 1.29 is 13.2 Å². The molecule has 0 radical (unpaired) electrons. The molecule has 0 bridgehead atoms. The van der Waals surface area contributed by atoms with Crippen molar-refractivity contribution in [1.82, 2.24) is 9.21 Å². The third-order valence-corrected chi connectivity index (χ3v) is 7.69. The summed E-state index contributed by atoms with van der Waals surface area (Å²) in [5.41, 5.74) is 0.410. The van der Waals surface area contributed by atoms with Gasteiger partial charge in [-0.15, -0.1) is 0 Å². The molecule has 1 fully saturated rings. The maximum atomic E-state index is 12.9. The molecule has 25 heavy (non-hydrogen) atoms. The Balaban J connectivity index is 2.27. The maximum absolute atomic E-state index is 12.9.